The Kier molecular flexibility index (Phi) is 4.45. The Morgan fingerprint density at radius 1 is 1.29 bits per heavy atom. The van der Waals surface area contributed by atoms with E-state index in [1.54, 1.807) is 0 Å². The van der Waals surface area contributed by atoms with Gasteiger partial charge in [0.2, 0.25) is 0 Å². The van der Waals surface area contributed by atoms with Gasteiger partial charge in [-0.2, -0.15) is 0 Å². The zero-order chi connectivity index (χ0) is 12.3. The molecule has 2 rings (SSSR count). The van der Waals surface area contributed by atoms with Crippen LogP contribution in [0.15, 0.2) is 0 Å². The van der Waals surface area contributed by atoms with Gasteiger partial charge < -0.3 is 10.8 Å². The van der Waals surface area contributed by atoms with Gasteiger partial charge in [0.05, 0.1) is 6.61 Å². The van der Waals surface area contributed by atoms with Gasteiger partial charge in [-0.05, 0) is 45.1 Å². The molecule has 0 aromatic rings. The molecule has 0 aromatic carbocycles. The largest absolute Gasteiger partial charge is 0.394 e. The zero-order valence-corrected chi connectivity index (χ0v) is 11.2. The van der Waals surface area contributed by atoms with Crippen molar-refractivity contribution >= 4 is 0 Å². The van der Waals surface area contributed by atoms with Crippen LogP contribution >= 0.6 is 0 Å². The van der Waals surface area contributed by atoms with Gasteiger partial charge in [0, 0.05) is 17.6 Å². The average Bonchev–Trinajstić information content (AvgIpc) is 2.60. The minimum atomic E-state index is -0.296. The summed E-state index contributed by atoms with van der Waals surface area (Å²) in [5, 5.41) is 9.38. The molecule has 3 N–H and O–H groups in total. The van der Waals surface area contributed by atoms with E-state index in [9.17, 15) is 5.11 Å². The average molecular weight is 240 g/mol. The van der Waals surface area contributed by atoms with Crippen LogP contribution in [0.5, 0.6) is 0 Å². The van der Waals surface area contributed by atoms with Crippen molar-refractivity contribution in [2.45, 2.75) is 75.9 Å². The van der Waals surface area contributed by atoms with Crippen molar-refractivity contribution in [1.82, 2.24) is 4.90 Å². The molecule has 0 spiro atoms. The van der Waals surface area contributed by atoms with Crippen molar-refractivity contribution in [3.63, 3.8) is 0 Å². The SMILES string of the molecule is CCC1CCCCCN1C1CCC(N)(CO)C1. The van der Waals surface area contributed by atoms with Gasteiger partial charge in [0.15, 0.2) is 0 Å². The fourth-order valence-electron chi connectivity index (χ4n) is 3.67. The number of hydrogen-bond acceptors (Lipinski definition) is 3. The fourth-order valence-corrected chi connectivity index (χ4v) is 3.67. The highest BCUT2D eigenvalue weighted by Crippen LogP contribution is 2.34. The molecule has 3 nitrogen and oxygen atoms in total. The quantitative estimate of drug-likeness (QED) is 0.792. The lowest BCUT2D eigenvalue weighted by molar-refractivity contribution is 0.122. The number of aliphatic hydroxyl groups is 1. The van der Waals surface area contributed by atoms with Gasteiger partial charge in [-0.25, -0.2) is 0 Å². The molecule has 0 bridgehead atoms. The summed E-state index contributed by atoms with van der Waals surface area (Å²) in [6.07, 6.45) is 9.86. The van der Waals surface area contributed by atoms with E-state index in [1.165, 1.54) is 45.1 Å². The Labute approximate surface area is 105 Å². The van der Waals surface area contributed by atoms with E-state index in [-0.39, 0.29) is 12.1 Å². The number of rotatable bonds is 3. The maximum atomic E-state index is 9.38. The lowest BCUT2D eigenvalue weighted by atomic mass is 9.99. The Morgan fingerprint density at radius 2 is 2.12 bits per heavy atom. The number of aliphatic hydroxyl groups excluding tert-OH is 1. The molecule has 2 fully saturated rings. The summed E-state index contributed by atoms with van der Waals surface area (Å²) in [5.74, 6) is 0. The van der Waals surface area contributed by atoms with Crippen molar-refractivity contribution in [3.8, 4) is 0 Å². The first kappa shape index (κ1) is 13.3. The molecule has 0 amide bonds. The molecule has 2 aliphatic rings. The smallest absolute Gasteiger partial charge is 0.0611 e. The first-order valence-electron chi connectivity index (χ1n) is 7.34. The maximum absolute atomic E-state index is 9.38. The molecule has 100 valence electrons. The third-order valence-electron chi connectivity index (χ3n) is 4.80. The Bertz CT molecular complexity index is 246. The molecule has 1 aliphatic heterocycles. The van der Waals surface area contributed by atoms with Crippen LogP contribution in [0, 0.1) is 0 Å². The van der Waals surface area contributed by atoms with Crippen LogP contribution in [0.4, 0.5) is 0 Å². The third-order valence-corrected chi connectivity index (χ3v) is 4.80. The molecular formula is C14H28N2O. The first-order chi connectivity index (χ1) is 8.18. The van der Waals surface area contributed by atoms with Crippen molar-refractivity contribution in [2.24, 2.45) is 5.73 Å². The number of likely N-dealkylation sites (tertiary alicyclic amines) is 1. The molecule has 1 saturated carbocycles. The van der Waals surface area contributed by atoms with Gasteiger partial charge in [0.25, 0.3) is 0 Å². The van der Waals surface area contributed by atoms with Gasteiger partial charge in [-0.3, -0.25) is 4.90 Å². The van der Waals surface area contributed by atoms with Crippen molar-refractivity contribution in [3.05, 3.63) is 0 Å². The molecule has 0 aromatic heterocycles. The Morgan fingerprint density at radius 3 is 2.76 bits per heavy atom. The van der Waals surface area contributed by atoms with E-state index in [2.05, 4.69) is 11.8 Å². The van der Waals surface area contributed by atoms with Crippen LogP contribution in [0.25, 0.3) is 0 Å². The van der Waals surface area contributed by atoms with E-state index < -0.39 is 0 Å². The second kappa shape index (κ2) is 5.68. The zero-order valence-electron chi connectivity index (χ0n) is 11.2. The highest BCUT2D eigenvalue weighted by Gasteiger charge is 2.39. The van der Waals surface area contributed by atoms with Crippen LogP contribution in [-0.2, 0) is 0 Å². The molecule has 0 radical (unpaired) electrons. The van der Waals surface area contributed by atoms with E-state index in [0.29, 0.717) is 6.04 Å². The molecule has 3 atom stereocenters. The first-order valence-corrected chi connectivity index (χ1v) is 7.34. The molecule has 3 heteroatoms. The van der Waals surface area contributed by atoms with Crippen LogP contribution in [0.1, 0.15) is 58.3 Å². The van der Waals surface area contributed by atoms with E-state index in [1.807, 2.05) is 0 Å². The minimum absolute atomic E-state index is 0.147. The molecule has 1 saturated heterocycles. The van der Waals surface area contributed by atoms with Crippen molar-refractivity contribution < 1.29 is 5.11 Å². The van der Waals surface area contributed by atoms with E-state index in [0.717, 1.165) is 18.9 Å². The summed E-state index contributed by atoms with van der Waals surface area (Å²) in [4.78, 5) is 2.71. The second-order valence-electron chi connectivity index (χ2n) is 6.07. The summed E-state index contributed by atoms with van der Waals surface area (Å²) in [6.45, 7) is 3.69. The van der Waals surface area contributed by atoms with Gasteiger partial charge in [0.1, 0.15) is 0 Å². The second-order valence-corrected chi connectivity index (χ2v) is 6.07. The lowest BCUT2D eigenvalue weighted by Gasteiger charge is -2.35. The fraction of sp³-hybridized carbons (Fsp3) is 1.00. The normalized spacial score (nSPS) is 40.4. The number of hydrogen-bond donors (Lipinski definition) is 2. The van der Waals surface area contributed by atoms with Crippen LogP contribution < -0.4 is 5.73 Å². The topological polar surface area (TPSA) is 49.5 Å². The van der Waals surface area contributed by atoms with Crippen molar-refractivity contribution in [2.75, 3.05) is 13.2 Å². The molecule has 3 unspecified atom stereocenters. The van der Waals surface area contributed by atoms with Crippen molar-refractivity contribution in [1.29, 1.82) is 0 Å². The highest BCUT2D eigenvalue weighted by atomic mass is 16.3. The number of nitrogens with two attached hydrogens (primary N) is 1. The Hall–Kier alpha value is -0.120. The summed E-state index contributed by atoms with van der Waals surface area (Å²) in [5.41, 5.74) is 5.91. The van der Waals surface area contributed by atoms with Gasteiger partial charge in [-0.1, -0.05) is 19.8 Å². The monoisotopic (exact) mass is 240 g/mol. The maximum Gasteiger partial charge on any atom is 0.0611 e. The van der Waals surface area contributed by atoms with Crippen LogP contribution in [0.3, 0.4) is 0 Å². The van der Waals surface area contributed by atoms with Gasteiger partial charge >= 0.3 is 0 Å². The summed E-state index contributed by atoms with van der Waals surface area (Å²) < 4.78 is 0. The molecule has 1 aliphatic carbocycles. The summed E-state index contributed by atoms with van der Waals surface area (Å²) in [6, 6.07) is 1.37. The molecule has 1 heterocycles. The van der Waals surface area contributed by atoms with E-state index >= 15 is 0 Å². The lowest BCUT2D eigenvalue weighted by Crippen LogP contribution is -2.46. The molecular weight excluding hydrogens is 212 g/mol. The standard InChI is InChI=1S/C14H28N2O/c1-2-12-6-4-3-5-9-16(12)13-7-8-14(15,10-13)11-17/h12-13,17H,2-11,15H2,1H3. The third kappa shape index (κ3) is 3.01. The Balaban J connectivity index is 2.00. The van der Waals surface area contributed by atoms with Crippen LogP contribution in [0.2, 0.25) is 0 Å². The highest BCUT2D eigenvalue weighted by molar-refractivity contribution is 4.98. The van der Waals surface area contributed by atoms with Crippen LogP contribution in [-0.4, -0.2) is 40.8 Å². The summed E-state index contributed by atoms with van der Waals surface area (Å²) in [7, 11) is 0. The predicted molar refractivity (Wildman–Crippen MR) is 70.9 cm³/mol. The number of nitrogens with zero attached hydrogens (tertiary/aromatic N) is 1. The predicted octanol–water partition coefficient (Wildman–Crippen LogP) is 1.88. The summed E-state index contributed by atoms with van der Waals surface area (Å²) >= 11 is 0. The van der Waals surface area contributed by atoms with Gasteiger partial charge in [-0.15, -0.1) is 0 Å². The molecule has 17 heavy (non-hydrogen) atoms. The van der Waals surface area contributed by atoms with E-state index in [4.69, 9.17) is 5.73 Å². The minimum Gasteiger partial charge on any atom is -0.394 e.